The van der Waals surface area contributed by atoms with Crippen molar-refractivity contribution in [1.29, 1.82) is 5.26 Å². The second-order valence-corrected chi connectivity index (χ2v) is 4.64. The van der Waals surface area contributed by atoms with Crippen LogP contribution >= 0.6 is 0 Å². The molecule has 6 heteroatoms. The molecule has 0 aliphatic carbocycles. The summed E-state index contributed by atoms with van der Waals surface area (Å²) in [4.78, 5) is 3.73. The van der Waals surface area contributed by atoms with Gasteiger partial charge in [-0.3, -0.25) is 0 Å². The zero-order valence-electron chi connectivity index (χ0n) is 12.5. The van der Waals surface area contributed by atoms with Gasteiger partial charge in [0.25, 0.3) is 5.88 Å². The van der Waals surface area contributed by atoms with Crippen LogP contribution in [-0.4, -0.2) is 17.8 Å². The van der Waals surface area contributed by atoms with Crippen LogP contribution in [0.2, 0.25) is 0 Å². The zero-order chi connectivity index (χ0) is 15.6. The fourth-order valence-electron chi connectivity index (χ4n) is 1.76. The van der Waals surface area contributed by atoms with Crippen molar-refractivity contribution in [2.75, 3.05) is 12.0 Å². The van der Waals surface area contributed by atoms with Crippen molar-refractivity contribution in [2.45, 2.75) is 26.2 Å². The number of rotatable bonds is 8. The SMILES string of the molecule is CCCCCOc1ccc(/C=N\Nc2ocnc2C#N)cc1. The number of oxazole rings is 1. The lowest BCUT2D eigenvalue weighted by molar-refractivity contribution is 0.306. The first-order valence-electron chi connectivity index (χ1n) is 7.19. The van der Waals surface area contributed by atoms with E-state index >= 15 is 0 Å². The van der Waals surface area contributed by atoms with Crippen LogP contribution < -0.4 is 10.2 Å². The third kappa shape index (κ3) is 4.63. The third-order valence-corrected chi connectivity index (χ3v) is 2.95. The molecule has 2 rings (SSSR count). The monoisotopic (exact) mass is 298 g/mol. The number of hydrogen-bond acceptors (Lipinski definition) is 6. The van der Waals surface area contributed by atoms with Gasteiger partial charge in [0.15, 0.2) is 6.39 Å². The van der Waals surface area contributed by atoms with Crippen molar-refractivity contribution in [3.63, 3.8) is 0 Å². The van der Waals surface area contributed by atoms with Crippen LogP contribution in [0, 0.1) is 11.3 Å². The number of nitrogens with zero attached hydrogens (tertiary/aromatic N) is 3. The average Bonchev–Trinajstić information content (AvgIpc) is 3.00. The fourth-order valence-corrected chi connectivity index (χ4v) is 1.76. The van der Waals surface area contributed by atoms with Crippen LogP contribution in [-0.2, 0) is 0 Å². The number of hydrazone groups is 1. The van der Waals surface area contributed by atoms with Gasteiger partial charge >= 0.3 is 0 Å². The van der Waals surface area contributed by atoms with Gasteiger partial charge in [-0.1, -0.05) is 19.8 Å². The molecule has 2 aromatic rings. The van der Waals surface area contributed by atoms with E-state index in [1.165, 1.54) is 19.2 Å². The number of ether oxygens (including phenoxy) is 1. The maximum Gasteiger partial charge on any atom is 0.251 e. The van der Waals surface area contributed by atoms with Crippen molar-refractivity contribution in [3.05, 3.63) is 41.9 Å². The topological polar surface area (TPSA) is 83.4 Å². The van der Waals surface area contributed by atoms with E-state index in [-0.39, 0.29) is 11.6 Å². The van der Waals surface area contributed by atoms with Crippen LogP contribution in [0.3, 0.4) is 0 Å². The van der Waals surface area contributed by atoms with Crippen molar-refractivity contribution >= 4 is 12.1 Å². The first-order valence-corrected chi connectivity index (χ1v) is 7.19. The Morgan fingerprint density at radius 3 is 2.91 bits per heavy atom. The number of nitriles is 1. The number of hydrogen-bond donors (Lipinski definition) is 1. The molecule has 0 amide bonds. The van der Waals surface area contributed by atoms with Gasteiger partial charge in [-0.25, -0.2) is 10.4 Å². The summed E-state index contributed by atoms with van der Waals surface area (Å²) < 4.78 is 10.6. The molecule has 1 aromatic carbocycles. The van der Waals surface area contributed by atoms with Gasteiger partial charge in [0.1, 0.15) is 11.8 Å². The largest absolute Gasteiger partial charge is 0.494 e. The van der Waals surface area contributed by atoms with E-state index in [4.69, 9.17) is 14.4 Å². The zero-order valence-corrected chi connectivity index (χ0v) is 12.5. The number of unbranched alkanes of at least 4 members (excludes halogenated alkanes) is 2. The molecule has 0 saturated carbocycles. The van der Waals surface area contributed by atoms with E-state index in [0.717, 1.165) is 24.3 Å². The Morgan fingerprint density at radius 1 is 1.36 bits per heavy atom. The highest BCUT2D eigenvalue weighted by Crippen LogP contribution is 2.13. The molecule has 1 N–H and O–H groups in total. The summed E-state index contributed by atoms with van der Waals surface area (Å²) in [6, 6.07) is 9.53. The van der Waals surface area contributed by atoms with Crippen molar-refractivity contribution in [1.82, 2.24) is 4.98 Å². The Bertz CT molecular complexity index is 641. The second-order valence-electron chi connectivity index (χ2n) is 4.64. The van der Waals surface area contributed by atoms with Crippen molar-refractivity contribution in [3.8, 4) is 11.8 Å². The predicted octanol–water partition coefficient (Wildman–Crippen LogP) is 3.56. The van der Waals surface area contributed by atoms with Crippen molar-refractivity contribution in [2.24, 2.45) is 5.10 Å². The van der Waals surface area contributed by atoms with Crippen LogP contribution in [0.4, 0.5) is 5.88 Å². The summed E-state index contributed by atoms with van der Waals surface area (Å²) in [6.45, 7) is 2.91. The molecule has 0 aliphatic heterocycles. The molecule has 0 spiro atoms. The number of benzene rings is 1. The van der Waals surface area contributed by atoms with Gasteiger partial charge in [0.2, 0.25) is 5.69 Å². The van der Waals surface area contributed by atoms with Crippen LogP contribution in [0.15, 0.2) is 40.2 Å². The van der Waals surface area contributed by atoms with E-state index in [1.54, 1.807) is 6.21 Å². The number of anilines is 1. The Hall–Kier alpha value is -2.81. The minimum Gasteiger partial charge on any atom is -0.494 e. The molecule has 1 aromatic heterocycles. The van der Waals surface area contributed by atoms with Gasteiger partial charge in [0, 0.05) is 0 Å². The average molecular weight is 298 g/mol. The second kappa shape index (κ2) is 8.47. The van der Waals surface area contributed by atoms with Crippen molar-refractivity contribution < 1.29 is 9.15 Å². The third-order valence-electron chi connectivity index (χ3n) is 2.95. The number of nitrogens with one attached hydrogen (secondary N) is 1. The van der Waals surface area contributed by atoms with E-state index < -0.39 is 0 Å². The lowest BCUT2D eigenvalue weighted by Crippen LogP contribution is -1.97. The molecular formula is C16H18N4O2. The molecular weight excluding hydrogens is 280 g/mol. The Morgan fingerprint density at radius 2 is 2.18 bits per heavy atom. The molecule has 0 saturated heterocycles. The highest BCUT2D eigenvalue weighted by atomic mass is 16.5. The quantitative estimate of drug-likeness (QED) is 0.457. The molecule has 114 valence electrons. The standard InChI is InChI=1S/C16H18N4O2/c1-2-3-4-9-21-14-7-5-13(6-8-14)11-19-20-16-15(10-17)18-12-22-16/h5-8,11-12,20H,2-4,9H2,1H3/b19-11-. The summed E-state index contributed by atoms with van der Waals surface area (Å²) in [6.07, 6.45) is 6.26. The first kappa shape index (κ1) is 15.6. The summed E-state index contributed by atoms with van der Waals surface area (Å²) in [5.41, 5.74) is 3.72. The molecule has 0 aliphatic rings. The molecule has 6 nitrogen and oxygen atoms in total. The van der Waals surface area contributed by atoms with E-state index in [2.05, 4.69) is 22.4 Å². The highest BCUT2D eigenvalue weighted by molar-refractivity contribution is 5.80. The van der Waals surface area contributed by atoms with Crippen LogP contribution in [0.25, 0.3) is 0 Å². The maximum absolute atomic E-state index is 8.78. The molecule has 1 heterocycles. The molecule has 0 unspecified atom stereocenters. The molecule has 0 atom stereocenters. The van der Waals surface area contributed by atoms with Crippen LogP contribution in [0.1, 0.15) is 37.4 Å². The van der Waals surface area contributed by atoms with Gasteiger partial charge in [0.05, 0.1) is 12.8 Å². The van der Waals surface area contributed by atoms with Gasteiger partial charge in [-0.05, 0) is 36.2 Å². The molecule has 0 fully saturated rings. The van der Waals surface area contributed by atoms with Gasteiger partial charge < -0.3 is 9.15 Å². The summed E-state index contributed by atoms with van der Waals surface area (Å²) in [5, 5.41) is 12.8. The maximum atomic E-state index is 8.78. The Balaban J connectivity index is 1.83. The first-order chi connectivity index (χ1) is 10.8. The summed E-state index contributed by atoms with van der Waals surface area (Å²) >= 11 is 0. The van der Waals surface area contributed by atoms with E-state index in [9.17, 15) is 0 Å². The lowest BCUT2D eigenvalue weighted by atomic mass is 10.2. The Kier molecular flexibility index (Phi) is 6.00. The summed E-state index contributed by atoms with van der Waals surface area (Å²) in [7, 11) is 0. The van der Waals surface area contributed by atoms with Gasteiger partial charge in [-0.15, -0.1) is 0 Å². The minimum absolute atomic E-state index is 0.174. The fraction of sp³-hybridized carbons (Fsp3) is 0.312. The summed E-state index contributed by atoms with van der Waals surface area (Å²) in [5.74, 6) is 1.08. The normalized spacial score (nSPS) is 10.5. The minimum atomic E-state index is 0.174. The predicted molar refractivity (Wildman–Crippen MR) is 83.9 cm³/mol. The smallest absolute Gasteiger partial charge is 0.251 e. The van der Waals surface area contributed by atoms with E-state index in [1.807, 2.05) is 30.3 Å². The highest BCUT2D eigenvalue weighted by Gasteiger charge is 2.04. The van der Waals surface area contributed by atoms with E-state index in [0.29, 0.717) is 0 Å². The Labute approximate surface area is 129 Å². The van der Waals surface area contributed by atoms with Crippen LogP contribution in [0.5, 0.6) is 5.75 Å². The van der Waals surface area contributed by atoms with Gasteiger partial charge in [-0.2, -0.15) is 10.4 Å². The lowest BCUT2D eigenvalue weighted by Gasteiger charge is -2.05. The number of aromatic nitrogens is 1. The molecule has 22 heavy (non-hydrogen) atoms. The molecule has 0 bridgehead atoms. The molecule has 0 radical (unpaired) electrons.